The summed E-state index contributed by atoms with van der Waals surface area (Å²) in [4.78, 5) is 0. The first kappa shape index (κ1) is 19.2. The van der Waals surface area contributed by atoms with Crippen LogP contribution in [-0.2, 0) is 12.4 Å². The summed E-state index contributed by atoms with van der Waals surface area (Å²) < 4.78 is 77.9. The molecular formula is C18H15BF6. The molecular weight excluding hydrogens is 341 g/mol. The Morgan fingerprint density at radius 3 is 2.00 bits per heavy atom. The van der Waals surface area contributed by atoms with Gasteiger partial charge in [-0.15, -0.1) is 0 Å². The van der Waals surface area contributed by atoms with Crippen molar-refractivity contribution in [3.8, 4) is 0 Å². The van der Waals surface area contributed by atoms with Crippen LogP contribution in [-0.4, -0.2) is 7.28 Å². The molecule has 0 spiro atoms. The lowest BCUT2D eigenvalue weighted by Crippen LogP contribution is -2.23. The number of benzene rings is 2. The van der Waals surface area contributed by atoms with Gasteiger partial charge in [0.15, 0.2) is 7.28 Å². The van der Waals surface area contributed by atoms with Crippen LogP contribution in [0.1, 0.15) is 35.0 Å². The Bertz CT molecular complexity index is 744. The maximum atomic E-state index is 13.2. The van der Waals surface area contributed by atoms with Gasteiger partial charge >= 0.3 is 12.4 Å². The van der Waals surface area contributed by atoms with Crippen LogP contribution in [0, 0.1) is 0 Å². The minimum atomic E-state index is -4.85. The summed E-state index contributed by atoms with van der Waals surface area (Å²) >= 11 is 0. The number of rotatable bonds is 4. The molecule has 0 fully saturated rings. The maximum Gasteiger partial charge on any atom is 0.416 e. The van der Waals surface area contributed by atoms with E-state index in [2.05, 4.69) is 6.58 Å². The lowest BCUT2D eigenvalue weighted by molar-refractivity contribution is -0.143. The van der Waals surface area contributed by atoms with Gasteiger partial charge in [0.05, 0.1) is 11.1 Å². The molecule has 0 heterocycles. The Labute approximate surface area is 142 Å². The van der Waals surface area contributed by atoms with Crippen molar-refractivity contribution < 1.29 is 26.3 Å². The molecule has 1 atom stereocenters. The van der Waals surface area contributed by atoms with Gasteiger partial charge < -0.3 is 0 Å². The van der Waals surface area contributed by atoms with Crippen LogP contribution in [0.15, 0.2) is 49.0 Å². The minimum absolute atomic E-state index is 0.145. The van der Waals surface area contributed by atoms with Crippen molar-refractivity contribution in [1.82, 2.24) is 0 Å². The van der Waals surface area contributed by atoms with Crippen LogP contribution in [0.2, 0.25) is 0 Å². The molecule has 0 saturated heterocycles. The molecule has 0 saturated carbocycles. The Morgan fingerprint density at radius 2 is 1.52 bits per heavy atom. The number of alkyl halides is 6. The van der Waals surface area contributed by atoms with Gasteiger partial charge in [-0.25, -0.2) is 0 Å². The second-order valence-corrected chi connectivity index (χ2v) is 5.85. The normalized spacial score (nSPS) is 13.4. The first-order chi connectivity index (χ1) is 11.5. The van der Waals surface area contributed by atoms with Crippen LogP contribution < -0.4 is 5.46 Å². The zero-order valence-corrected chi connectivity index (χ0v) is 13.4. The van der Waals surface area contributed by atoms with E-state index in [1.54, 1.807) is 37.3 Å². The van der Waals surface area contributed by atoms with E-state index >= 15 is 0 Å². The number of halogens is 6. The molecule has 0 aromatic heterocycles. The summed E-state index contributed by atoms with van der Waals surface area (Å²) in [5.41, 5.74) is -1.01. The van der Waals surface area contributed by atoms with E-state index in [0.29, 0.717) is 6.07 Å². The summed E-state index contributed by atoms with van der Waals surface area (Å²) in [6.07, 6.45) is -8.02. The van der Waals surface area contributed by atoms with Crippen molar-refractivity contribution >= 4 is 18.8 Å². The quantitative estimate of drug-likeness (QED) is 0.523. The van der Waals surface area contributed by atoms with Gasteiger partial charge in [-0.1, -0.05) is 55.4 Å². The van der Waals surface area contributed by atoms with E-state index in [1.807, 2.05) is 0 Å². The van der Waals surface area contributed by atoms with Crippen LogP contribution in [0.25, 0.3) is 6.08 Å². The SMILES string of the molecule is C=Cc1ccc(BC(C)c2ccc(C(F)(F)F)cc2C(F)(F)F)cc1. The topological polar surface area (TPSA) is 0 Å². The summed E-state index contributed by atoms with van der Waals surface area (Å²) in [6, 6.07) is 8.91. The average Bonchev–Trinajstić information content (AvgIpc) is 2.53. The van der Waals surface area contributed by atoms with Crippen molar-refractivity contribution in [3.05, 3.63) is 71.3 Å². The molecule has 0 radical (unpaired) electrons. The first-order valence-electron chi connectivity index (χ1n) is 7.52. The molecule has 2 rings (SSSR count). The van der Waals surface area contributed by atoms with E-state index in [4.69, 9.17) is 0 Å². The van der Waals surface area contributed by atoms with Crippen molar-refractivity contribution in [2.45, 2.75) is 25.1 Å². The smallest absolute Gasteiger partial charge is 0.166 e. The average molecular weight is 356 g/mol. The van der Waals surface area contributed by atoms with Crippen molar-refractivity contribution in [3.63, 3.8) is 0 Å². The Balaban J connectivity index is 2.37. The first-order valence-corrected chi connectivity index (χ1v) is 7.52. The highest BCUT2D eigenvalue weighted by Gasteiger charge is 2.38. The molecule has 2 aromatic carbocycles. The monoisotopic (exact) mass is 356 g/mol. The van der Waals surface area contributed by atoms with E-state index in [1.165, 1.54) is 0 Å². The van der Waals surface area contributed by atoms with Gasteiger partial charge in [-0.3, -0.25) is 0 Å². The predicted molar refractivity (Wildman–Crippen MR) is 88.2 cm³/mol. The second-order valence-electron chi connectivity index (χ2n) is 5.85. The fraction of sp³-hybridized carbons (Fsp3) is 0.222. The summed E-state index contributed by atoms with van der Waals surface area (Å²) in [5.74, 6) is -0.589. The summed E-state index contributed by atoms with van der Waals surface area (Å²) in [5, 5.41) is 0. The van der Waals surface area contributed by atoms with Gasteiger partial charge in [0.2, 0.25) is 0 Å². The van der Waals surface area contributed by atoms with E-state index in [-0.39, 0.29) is 18.9 Å². The van der Waals surface area contributed by atoms with Gasteiger partial charge in [-0.05, 0) is 29.1 Å². The molecule has 0 aliphatic rings. The Morgan fingerprint density at radius 1 is 0.920 bits per heavy atom. The Hall–Kier alpha value is -2.18. The van der Waals surface area contributed by atoms with E-state index in [0.717, 1.165) is 17.1 Å². The molecule has 0 bridgehead atoms. The predicted octanol–water partition coefficient (Wildman–Crippen LogP) is 5.19. The molecule has 0 nitrogen and oxygen atoms in total. The van der Waals surface area contributed by atoms with Gasteiger partial charge in [0.25, 0.3) is 0 Å². The third-order valence-electron chi connectivity index (χ3n) is 3.97. The van der Waals surface area contributed by atoms with E-state index < -0.39 is 29.3 Å². The van der Waals surface area contributed by atoms with Crippen LogP contribution >= 0.6 is 0 Å². The largest absolute Gasteiger partial charge is 0.416 e. The summed E-state index contributed by atoms with van der Waals surface area (Å²) in [7, 11) is 0.284. The van der Waals surface area contributed by atoms with Crippen molar-refractivity contribution in [1.29, 1.82) is 0 Å². The lowest BCUT2D eigenvalue weighted by Gasteiger charge is -2.20. The standard InChI is InChI=1S/C18H15BF6/c1-3-12-4-7-14(8-5-12)19-11(2)15-9-6-13(17(20,21)22)10-16(15)18(23,24)25/h3-11,19H,1H2,2H3. The van der Waals surface area contributed by atoms with Gasteiger partial charge in [0, 0.05) is 0 Å². The minimum Gasteiger partial charge on any atom is -0.166 e. The molecule has 0 N–H and O–H groups in total. The fourth-order valence-electron chi connectivity index (χ4n) is 2.66. The van der Waals surface area contributed by atoms with Gasteiger partial charge in [0.1, 0.15) is 0 Å². The second kappa shape index (κ2) is 6.98. The highest BCUT2D eigenvalue weighted by Crippen LogP contribution is 2.39. The Kier molecular flexibility index (Phi) is 5.35. The van der Waals surface area contributed by atoms with Crippen molar-refractivity contribution in [2.24, 2.45) is 0 Å². The number of hydrogen-bond acceptors (Lipinski definition) is 0. The highest BCUT2D eigenvalue weighted by atomic mass is 19.4. The number of hydrogen-bond donors (Lipinski definition) is 0. The third-order valence-corrected chi connectivity index (χ3v) is 3.97. The summed E-state index contributed by atoms with van der Waals surface area (Å²) in [6.45, 7) is 5.19. The zero-order valence-electron chi connectivity index (χ0n) is 13.4. The molecule has 2 aromatic rings. The molecule has 0 aliphatic carbocycles. The molecule has 0 aliphatic heterocycles. The van der Waals surface area contributed by atoms with Crippen LogP contribution in [0.5, 0.6) is 0 Å². The molecule has 7 heteroatoms. The molecule has 1 unspecified atom stereocenters. The zero-order chi connectivity index (χ0) is 18.8. The van der Waals surface area contributed by atoms with Crippen LogP contribution in [0.3, 0.4) is 0 Å². The van der Waals surface area contributed by atoms with Crippen LogP contribution in [0.4, 0.5) is 26.3 Å². The molecule has 0 amide bonds. The van der Waals surface area contributed by atoms with Crippen molar-refractivity contribution in [2.75, 3.05) is 0 Å². The fourth-order valence-corrected chi connectivity index (χ4v) is 2.66. The molecule has 25 heavy (non-hydrogen) atoms. The third kappa shape index (κ3) is 4.68. The highest BCUT2D eigenvalue weighted by molar-refractivity contribution is 6.55. The lowest BCUT2D eigenvalue weighted by atomic mass is 9.57. The van der Waals surface area contributed by atoms with Gasteiger partial charge in [-0.2, -0.15) is 26.3 Å². The maximum absolute atomic E-state index is 13.2. The van der Waals surface area contributed by atoms with E-state index in [9.17, 15) is 26.3 Å². The molecule has 132 valence electrons.